The van der Waals surface area contributed by atoms with Gasteiger partial charge in [-0.1, -0.05) is 24.3 Å². The second-order valence-electron chi connectivity index (χ2n) is 7.98. The van der Waals surface area contributed by atoms with Gasteiger partial charge < -0.3 is 14.8 Å². The molecule has 3 rings (SSSR count). The molecular formula is C24H32N2O3. The third kappa shape index (κ3) is 5.73. The highest BCUT2D eigenvalue weighted by molar-refractivity contribution is 5.95. The number of methoxy groups -OCH3 is 1. The lowest BCUT2D eigenvalue weighted by atomic mass is 10.0. The smallest absolute Gasteiger partial charge is 0.251 e. The summed E-state index contributed by atoms with van der Waals surface area (Å²) < 4.78 is 11.1. The number of likely N-dealkylation sites (tertiary alicyclic amines) is 1. The molecule has 0 unspecified atom stereocenters. The summed E-state index contributed by atoms with van der Waals surface area (Å²) in [5.41, 5.74) is 3.31. The number of carbonyl (C=O) groups excluding carboxylic acids is 1. The van der Waals surface area contributed by atoms with E-state index in [4.69, 9.17) is 9.47 Å². The van der Waals surface area contributed by atoms with Crippen LogP contribution in [0.2, 0.25) is 0 Å². The normalized spacial score (nSPS) is 15.3. The van der Waals surface area contributed by atoms with E-state index in [1.807, 2.05) is 13.8 Å². The number of nitrogens with one attached hydrogen (secondary N) is 1. The van der Waals surface area contributed by atoms with Gasteiger partial charge in [0.05, 0.1) is 13.2 Å². The average Bonchev–Trinajstić information content (AvgIpc) is 2.71. The van der Waals surface area contributed by atoms with E-state index in [1.165, 1.54) is 11.1 Å². The molecule has 0 spiro atoms. The van der Waals surface area contributed by atoms with Gasteiger partial charge in [-0.15, -0.1) is 0 Å². The summed E-state index contributed by atoms with van der Waals surface area (Å²) >= 11 is 0. The highest BCUT2D eigenvalue weighted by Crippen LogP contribution is 2.29. The van der Waals surface area contributed by atoms with Gasteiger partial charge >= 0.3 is 0 Å². The Bertz CT molecular complexity index is 827. The van der Waals surface area contributed by atoms with Gasteiger partial charge in [0.1, 0.15) is 0 Å². The van der Waals surface area contributed by atoms with Crippen molar-refractivity contribution in [3.05, 3.63) is 59.2 Å². The fraction of sp³-hybridized carbons (Fsp3) is 0.458. The number of nitrogens with zero attached hydrogens (tertiary/aromatic N) is 1. The first kappa shape index (κ1) is 21.2. The SMILES string of the molecule is COc1cc(C(=O)NC2CCN(Cc3ccccc3C)CC2)ccc1OC(C)C. The van der Waals surface area contributed by atoms with Gasteiger partial charge in [-0.2, -0.15) is 0 Å². The number of piperidine rings is 1. The summed E-state index contributed by atoms with van der Waals surface area (Å²) in [7, 11) is 1.59. The topological polar surface area (TPSA) is 50.8 Å². The highest BCUT2D eigenvalue weighted by atomic mass is 16.5. The zero-order chi connectivity index (χ0) is 20.8. The van der Waals surface area contributed by atoms with Crippen molar-refractivity contribution in [2.45, 2.75) is 52.3 Å². The summed E-state index contributed by atoms with van der Waals surface area (Å²) in [4.78, 5) is 15.2. The molecule has 1 amide bonds. The van der Waals surface area contributed by atoms with Crippen LogP contribution in [-0.4, -0.2) is 43.2 Å². The van der Waals surface area contributed by atoms with Crippen LogP contribution in [-0.2, 0) is 6.54 Å². The maximum absolute atomic E-state index is 12.7. The van der Waals surface area contributed by atoms with E-state index in [9.17, 15) is 4.79 Å². The first-order valence-electron chi connectivity index (χ1n) is 10.4. The zero-order valence-electron chi connectivity index (χ0n) is 17.9. The molecule has 0 saturated carbocycles. The fourth-order valence-electron chi connectivity index (χ4n) is 3.69. The first-order valence-corrected chi connectivity index (χ1v) is 10.4. The Morgan fingerprint density at radius 3 is 2.52 bits per heavy atom. The molecule has 0 radical (unpaired) electrons. The molecule has 156 valence electrons. The Labute approximate surface area is 174 Å². The van der Waals surface area contributed by atoms with Crippen LogP contribution in [0.5, 0.6) is 11.5 Å². The number of amides is 1. The van der Waals surface area contributed by atoms with Crippen molar-refractivity contribution in [2.24, 2.45) is 0 Å². The molecule has 0 bridgehead atoms. The second kappa shape index (κ2) is 9.79. The van der Waals surface area contributed by atoms with Crippen LogP contribution in [0.15, 0.2) is 42.5 Å². The highest BCUT2D eigenvalue weighted by Gasteiger charge is 2.22. The van der Waals surface area contributed by atoms with Crippen LogP contribution in [0.4, 0.5) is 0 Å². The predicted molar refractivity (Wildman–Crippen MR) is 116 cm³/mol. The van der Waals surface area contributed by atoms with E-state index < -0.39 is 0 Å². The maximum Gasteiger partial charge on any atom is 0.251 e. The van der Waals surface area contributed by atoms with Crippen LogP contribution in [0.3, 0.4) is 0 Å². The molecule has 0 atom stereocenters. The van der Waals surface area contributed by atoms with E-state index in [2.05, 4.69) is 41.4 Å². The van der Waals surface area contributed by atoms with Crippen molar-refractivity contribution in [2.75, 3.05) is 20.2 Å². The summed E-state index contributed by atoms with van der Waals surface area (Å²) in [5, 5.41) is 3.18. The number of rotatable bonds is 7. The predicted octanol–water partition coefficient (Wildman–Crippen LogP) is 4.19. The average molecular weight is 397 g/mol. The molecule has 1 heterocycles. The fourth-order valence-corrected chi connectivity index (χ4v) is 3.69. The largest absolute Gasteiger partial charge is 0.493 e. The lowest BCUT2D eigenvalue weighted by Crippen LogP contribution is -2.44. The van der Waals surface area contributed by atoms with Gasteiger partial charge in [-0.25, -0.2) is 0 Å². The minimum Gasteiger partial charge on any atom is -0.493 e. The first-order chi connectivity index (χ1) is 14.0. The van der Waals surface area contributed by atoms with E-state index in [0.29, 0.717) is 17.1 Å². The standard InChI is InChI=1S/C24H32N2O3/c1-17(2)29-22-10-9-19(15-23(22)28-4)24(27)25-21-11-13-26(14-12-21)16-20-8-6-5-7-18(20)3/h5-10,15,17,21H,11-14,16H2,1-4H3,(H,25,27). The molecule has 0 aromatic heterocycles. The molecule has 29 heavy (non-hydrogen) atoms. The molecule has 2 aromatic carbocycles. The minimum atomic E-state index is -0.0586. The van der Waals surface area contributed by atoms with Crippen LogP contribution in [0.25, 0.3) is 0 Å². The molecule has 5 nitrogen and oxygen atoms in total. The second-order valence-corrected chi connectivity index (χ2v) is 7.98. The van der Waals surface area contributed by atoms with E-state index in [-0.39, 0.29) is 18.1 Å². The molecule has 1 saturated heterocycles. The Morgan fingerprint density at radius 1 is 1.14 bits per heavy atom. The molecule has 5 heteroatoms. The Morgan fingerprint density at radius 2 is 1.86 bits per heavy atom. The quantitative estimate of drug-likeness (QED) is 0.763. The molecule has 1 N–H and O–H groups in total. The number of aryl methyl sites for hydroxylation is 1. The van der Waals surface area contributed by atoms with E-state index in [1.54, 1.807) is 25.3 Å². The van der Waals surface area contributed by atoms with Gasteiger partial charge in [0.15, 0.2) is 11.5 Å². The van der Waals surface area contributed by atoms with Crippen molar-refractivity contribution in [1.82, 2.24) is 10.2 Å². The van der Waals surface area contributed by atoms with Gasteiger partial charge in [0.25, 0.3) is 5.91 Å². The number of hydrogen-bond acceptors (Lipinski definition) is 4. The molecule has 1 aliphatic heterocycles. The van der Waals surface area contributed by atoms with Crippen molar-refractivity contribution in [3.63, 3.8) is 0 Å². The van der Waals surface area contributed by atoms with Gasteiger partial charge in [0, 0.05) is 31.2 Å². The third-order valence-electron chi connectivity index (χ3n) is 5.37. The molecule has 1 aliphatic rings. The van der Waals surface area contributed by atoms with Crippen molar-refractivity contribution in [3.8, 4) is 11.5 Å². The van der Waals surface area contributed by atoms with Crippen LogP contribution >= 0.6 is 0 Å². The van der Waals surface area contributed by atoms with E-state index >= 15 is 0 Å². The Kier molecular flexibility index (Phi) is 7.15. The van der Waals surface area contributed by atoms with Crippen molar-refractivity contribution in [1.29, 1.82) is 0 Å². The molecule has 1 fully saturated rings. The summed E-state index contributed by atoms with van der Waals surface area (Å²) in [6.45, 7) is 9.04. The minimum absolute atomic E-state index is 0.0495. The summed E-state index contributed by atoms with van der Waals surface area (Å²) in [5.74, 6) is 1.18. The van der Waals surface area contributed by atoms with Gasteiger partial charge in [-0.3, -0.25) is 9.69 Å². The zero-order valence-corrected chi connectivity index (χ0v) is 17.9. The van der Waals surface area contributed by atoms with Crippen LogP contribution in [0.1, 0.15) is 48.2 Å². The summed E-state index contributed by atoms with van der Waals surface area (Å²) in [6.07, 6.45) is 1.97. The van der Waals surface area contributed by atoms with Gasteiger partial charge in [-0.05, 0) is 62.9 Å². The van der Waals surface area contributed by atoms with Gasteiger partial charge in [0.2, 0.25) is 0 Å². The number of ether oxygens (including phenoxy) is 2. The molecular weight excluding hydrogens is 364 g/mol. The van der Waals surface area contributed by atoms with Crippen molar-refractivity contribution >= 4 is 5.91 Å². The lowest BCUT2D eigenvalue weighted by Gasteiger charge is -2.32. The number of carbonyl (C=O) groups is 1. The Hall–Kier alpha value is -2.53. The third-order valence-corrected chi connectivity index (χ3v) is 5.37. The number of hydrogen-bond donors (Lipinski definition) is 1. The van der Waals surface area contributed by atoms with Crippen LogP contribution in [0, 0.1) is 6.92 Å². The summed E-state index contributed by atoms with van der Waals surface area (Å²) in [6, 6.07) is 14.1. The van der Waals surface area contributed by atoms with Crippen molar-refractivity contribution < 1.29 is 14.3 Å². The maximum atomic E-state index is 12.7. The van der Waals surface area contributed by atoms with E-state index in [0.717, 1.165) is 32.5 Å². The molecule has 2 aromatic rings. The number of benzene rings is 2. The molecule has 0 aliphatic carbocycles. The van der Waals surface area contributed by atoms with Crippen LogP contribution < -0.4 is 14.8 Å². The Balaban J connectivity index is 1.53. The monoisotopic (exact) mass is 396 g/mol. The lowest BCUT2D eigenvalue weighted by molar-refractivity contribution is 0.0908.